The van der Waals surface area contributed by atoms with Crippen LogP contribution in [0, 0.1) is 0 Å². The second kappa shape index (κ2) is 8.40. The van der Waals surface area contributed by atoms with Crippen molar-refractivity contribution in [3.63, 3.8) is 0 Å². The van der Waals surface area contributed by atoms with Gasteiger partial charge in [-0.1, -0.05) is 42.5 Å². The van der Waals surface area contributed by atoms with Crippen LogP contribution in [0.4, 0.5) is 0 Å². The van der Waals surface area contributed by atoms with Crippen molar-refractivity contribution in [3.05, 3.63) is 71.3 Å². The van der Waals surface area contributed by atoms with Gasteiger partial charge in [0.2, 0.25) is 5.91 Å². The van der Waals surface area contributed by atoms with E-state index in [1.165, 1.54) is 12.1 Å². The lowest BCUT2D eigenvalue weighted by Crippen LogP contribution is -2.30. The maximum atomic E-state index is 12.2. The molecule has 0 aliphatic heterocycles. The fraction of sp³-hybridized carbons (Fsp3) is 0.222. The van der Waals surface area contributed by atoms with Crippen LogP contribution >= 0.6 is 0 Å². The highest BCUT2D eigenvalue weighted by Crippen LogP contribution is 2.09. The van der Waals surface area contributed by atoms with Crippen molar-refractivity contribution in [3.8, 4) is 0 Å². The molecule has 2 rings (SSSR count). The van der Waals surface area contributed by atoms with Crippen LogP contribution in [0.25, 0.3) is 0 Å². The molecular weight excluding hydrogens is 326 g/mol. The lowest BCUT2D eigenvalue weighted by atomic mass is 10.1. The van der Waals surface area contributed by atoms with Gasteiger partial charge in [0.05, 0.1) is 5.56 Å². The number of nitrogens with zero attached hydrogens (tertiary/aromatic N) is 1. The summed E-state index contributed by atoms with van der Waals surface area (Å²) in [5.41, 5.74) is 1.80. The molecule has 0 saturated carbocycles. The van der Waals surface area contributed by atoms with Crippen molar-refractivity contribution in [1.82, 2.24) is 4.90 Å². The molecule has 6 heteroatoms. The third-order valence-corrected chi connectivity index (χ3v) is 4.70. The Morgan fingerprint density at radius 2 is 1.71 bits per heavy atom. The molecule has 2 aromatic carbocycles. The smallest absolute Gasteiger partial charge is 0.335 e. The molecule has 0 saturated heterocycles. The van der Waals surface area contributed by atoms with E-state index in [-0.39, 0.29) is 23.0 Å². The summed E-state index contributed by atoms with van der Waals surface area (Å²) in [6.07, 6.45) is 0. The number of carboxylic acid groups (broad SMARTS) is 1. The minimum Gasteiger partial charge on any atom is -0.478 e. The fourth-order valence-corrected chi connectivity index (χ4v) is 3.37. The number of hydrogen-bond donors (Lipinski definition) is 1. The highest BCUT2D eigenvalue weighted by atomic mass is 32.2. The fourth-order valence-electron chi connectivity index (χ4n) is 2.22. The lowest BCUT2D eigenvalue weighted by Gasteiger charge is -2.17. The summed E-state index contributed by atoms with van der Waals surface area (Å²) in [5, 5.41) is 8.97. The van der Waals surface area contributed by atoms with E-state index in [9.17, 15) is 13.8 Å². The predicted octanol–water partition coefficient (Wildman–Crippen LogP) is 2.29. The average Bonchev–Trinajstić information content (AvgIpc) is 2.55. The van der Waals surface area contributed by atoms with Crippen LogP contribution in [0.2, 0.25) is 0 Å². The Morgan fingerprint density at radius 3 is 2.38 bits per heavy atom. The monoisotopic (exact) mass is 345 g/mol. The van der Waals surface area contributed by atoms with Crippen molar-refractivity contribution < 1.29 is 18.9 Å². The van der Waals surface area contributed by atoms with E-state index in [1.807, 2.05) is 30.3 Å². The van der Waals surface area contributed by atoms with E-state index in [0.29, 0.717) is 12.1 Å². The Morgan fingerprint density at radius 1 is 1.04 bits per heavy atom. The highest BCUT2D eigenvalue weighted by molar-refractivity contribution is 7.84. The number of carboxylic acids is 1. The zero-order valence-corrected chi connectivity index (χ0v) is 14.2. The molecule has 1 unspecified atom stereocenters. The number of rotatable bonds is 7. The standard InChI is InChI=1S/C18H19NO4S/c1-19(11-14-6-3-2-4-7-14)17(20)13-24(23)12-15-8-5-9-16(10-15)18(21)22/h2-10H,11-13H2,1H3,(H,21,22). The van der Waals surface area contributed by atoms with Gasteiger partial charge in [-0.3, -0.25) is 9.00 Å². The molecule has 5 nitrogen and oxygen atoms in total. The second-order valence-electron chi connectivity index (χ2n) is 5.47. The van der Waals surface area contributed by atoms with Crippen LogP contribution in [-0.2, 0) is 27.9 Å². The number of aromatic carboxylic acids is 1. The zero-order valence-electron chi connectivity index (χ0n) is 13.3. The molecule has 0 aliphatic carbocycles. The van der Waals surface area contributed by atoms with Gasteiger partial charge in [-0.25, -0.2) is 4.79 Å². The summed E-state index contributed by atoms with van der Waals surface area (Å²) in [7, 11) is 0.293. The number of hydrogen-bond acceptors (Lipinski definition) is 3. The van der Waals surface area contributed by atoms with Gasteiger partial charge in [0, 0.05) is 30.1 Å². The Bertz CT molecular complexity index is 746. The quantitative estimate of drug-likeness (QED) is 0.835. The molecule has 0 spiro atoms. The average molecular weight is 345 g/mol. The van der Waals surface area contributed by atoms with Crippen LogP contribution in [0.1, 0.15) is 21.5 Å². The van der Waals surface area contributed by atoms with Gasteiger partial charge in [-0.05, 0) is 23.3 Å². The van der Waals surface area contributed by atoms with Crippen LogP contribution in [0.15, 0.2) is 54.6 Å². The first-order valence-electron chi connectivity index (χ1n) is 7.41. The molecule has 2 aromatic rings. The van der Waals surface area contributed by atoms with E-state index in [1.54, 1.807) is 24.1 Å². The van der Waals surface area contributed by atoms with Gasteiger partial charge in [0.1, 0.15) is 5.75 Å². The van der Waals surface area contributed by atoms with Crippen LogP contribution < -0.4 is 0 Å². The van der Waals surface area contributed by atoms with E-state index < -0.39 is 16.8 Å². The summed E-state index contributed by atoms with van der Waals surface area (Å²) in [6, 6.07) is 15.9. The van der Waals surface area contributed by atoms with Gasteiger partial charge in [0.25, 0.3) is 0 Å². The van der Waals surface area contributed by atoms with E-state index in [0.717, 1.165) is 5.56 Å². The maximum absolute atomic E-state index is 12.2. The Kier molecular flexibility index (Phi) is 6.26. The Labute approximate surface area is 143 Å². The third-order valence-electron chi connectivity index (χ3n) is 3.47. The van der Waals surface area contributed by atoms with Gasteiger partial charge < -0.3 is 10.0 Å². The summed E-state index contributed by atoms with van der Waals surface area (Å²) in [4.78, 5) is 24.6. The lowest BCUT2D eigenvalue weighted by molar-refractivity contribution is -0.127. The number of amides is 1. The summed E-state index contributed by atoms with van der Waals surface area (Å²) in [6.45, 7) is 0.464. The highest BCUT2D eigenvalue weighted by Gasteiger charge is 2.14. The maximum Gasteiger partial charge on any atom is 0.335 e. The Hall–Kier alpha value is -2.47. The first-order valence-corrected chi connectivity index (χ1v) is 8.89. The minimum atomic E-state index is -1.39. The molecule has 0 aliphatic rings. The third kappa shape index (κ3) is 5.31. The van der Waals surface area contributed by atoms with Crippen LogP contribution in [0.5, 0.6) is 0 Å². The SMILES string of the molecule is CN(Cc1ccccc1)C(=O)CS(=O)Cc1cccc(C(=O)O)c1. The van der Waals surface area contributed by atoms with Gasteiger partial charge in [0.15, 0.2) is 0 Å². The van der Waals surface area contributed by atoms with Crippen LogP contribution in [0.3, 0.4) is 0 Å². The summed E-state index contributed by atoms with van der Waals surface area (Å²) in [5.74, 6) is -1.15. The van der Waals surface area contributed by atoms with Crippen molar-refractivity contribution in [1.29, 1.82) is 0 Å². The van der Waals surface area contributed by atoms with Crippen molar-refractivity contribution in [2.45, 2.75) is 12.3 Å². The van der Waals surface area contributed by atoms with Gasteiger partial charge in [-0.2, -0.15) is 0 Å². The van der Waals surface area contributed by atoms with Crippen molar-refractivity contribution in [2.24, 2.45) is 0 Å². The van der Waals surface area contributed by atoms with E-state index in [4.69, 9.17) is 5.11 Å². The zero-order chi connectivity index (χ0) is 17.5. The second-order valence-corrected chi connectivity index (χ2v) is 6.93. The van der Waals surface area contributed by atoms with Gasteiger partial charge in [-0.15, -0.1) is 0 Å². The number of carbonyl (C=O) groups excluding carboxylic acids is 1. The molecule has 0 radical (unpaired) electrons. The van der Waals surface area contributed by atoms with Crippen molar-refractivity contribution in [2.75, 3.05) is 12.8 Å². The van der Waals surface area contributed by atoms with Crippen molar-refractivity contribution >= 4 is 22.7 Å². The van der Waals surface area contributed by atoms with Crippen LogP contribution in [-0.4, -0.2) is 38.9 Å². The predicted molar refractivity (Wildman–Crippen MR) is 93.0 cm³/mol. The largest absolute Gasteiger partial charge is 0.478 e. The number of benzene rings is 2. The molecule has 0 fully saturated rings. The molecule has 126 valence electrons. The van der Waals surface area contributed by atoms with Gasteiger partial charge >= 0.3 is 5.97 Å². The molecule has 24 heavy (non-hydrogen) atoms. The Balaban J connectivity index is 1.90. The molecule has 1 amide bonds. The topological polar surface area (TPSA) is 74.7 Å². The first-order chi connectivity index (χ1) is 11.5. The molecule has 0 aromatic heterocycles. The first kappa shape index (κ1) is 17.9. The molecular formula is C18H19NO4S. The summed E-state index contributed by atoms with van der Waals surface area (Å²) < 4.78 is 12.2. The molecule has 0 bridgehead atoms. The van der Waals surface area contributed by atoms with E-state index >= 15 is 0 Å². The minimum absolute atomic E-state index is 0.0827. The molecule has 0 heterocycles. The molecule has 1 N–H and O–H groups in total. The van der Waals surface area contributed by atoms with E-state index in [2.05, 4.69) is 0 Å². The number of carbonyl (C=O) groups is 2. The normalized spacial score (nSPS) is 11.7. The molecule has 1 atom stereocenters. The summed E-state index contributed by atoms with van der Waals surface area (Å²) >= 11 is 0.